The SMILES string of the molecule is Cc1ccc(N=C2NC(=O)[C@@H](CC(=O)Nc3ccc(F)cc3F)S2)cc1. The predicted molar refractivity (Wildman–Crippen MR) is 97.4 cm³/mol. The molecule has 2 aromatic carbocycles. The molecule has 0 saturated carbocycles. The molecule has 1 heterocycles. The summed E-state index contributed by atoms with van der Waals surface area (Å²) in [5.41, 5.74) is 1.66. The summed E-state index contributed by atoms with van der Waals surface area (Å²) in [5.74, 6) is -2.48. The highest BCUT2D eigenvalue weighted by Crippen LogP contribution is 2.26. The summed E-state index contributed by atoms with van der Waals surface area (Å²) in [6.45, 7) is 1.96. The van der Waals surface area contributed by atoms with Crippen molar-refractivity contribution < 1.29 is 18.4 Å². The summed E-state index contributed by atoms with van der Waals surface area (Å²) >= 11 is 1.14. The van der Waals surface area contributed by atoms with E-state index in [1.54, 1.807) is 0 Å². The average Bonchev–Trinajstić information content (AvgIpc) is 2.91. The lowest BCUT2D eigenvalue weighted by Gasteiger charge is -2.08. The number of nitrogens with one attached hydrogen (secondary N) is 2. The van der Waals surface area contributed by atoms with Gasteiger partial charge in [-0.2, -0.15) is 0 Å². The fourth-order valence-electron chi connectivity index (χ4n) is 2.29. The fraction of sp³-hybridized carbons (Fsp3) is 0.167. The van der Waals surface area contributed by atoms with Crippen LogP contribution in [0.15, 0.2) is 47.5 Å². The molecule has 5 nitrogen and oxygen atoms in total. The summed E-state index contributed by atoms with van der Waals surface area (Å²) in [6.07, 6.45) is -0.153. The van der Waals surface area contributed by atoms with Crippen LogP contribution in [0.1, 0.15) is 12.0 Å². The molecule has 3 rings (SSSR count). The normalized spacial score (nSPS) is 18.0. The Bertz CT molecular complexity index is 885. The number of amidine groups is 1. The Balaban J connectivity index is 1.62. The third-order valence-corrected chi connectivity index (χ3v) is 4.70. The number of hydrogen-bond acceptors (Lipinski definition) is 4. The largest absolute Gasteiger partial charge is 0.324 e. The molecule has 8 heteroatoms. The van der Waals surface area contributed by atoms with Gasteiger partial charge in [0.05, 0.1) is 11.4 Å². The molecule has 26 heavy (non-hydrogen) atoms. The van der Waals surface area contributed by atoms with E-state index in [0.717, 1.165) is 29.5 Å². The first-order valence-electron chi connectivity index (χ1n) is 7.78. The third kappa shape index (κ3) is 4.45. The lowest BCUT2D eigenvalue weighted by atomic mass is 10.2. The van der Waals surface area contributed by atoms with Crippen LogP contribution in [0.4, 0.5) is 20.2 Å². The highest BCUT2D eigenvalue weighted by atomic mass is 32.2. The molecule has 2 N–H and O–H groups in total. The van der Waals surface area contributed by atoms with Gasteiger partial charge in [0.1, 0.15) is 16.9 Å². The van der Waals surface area contributed by atoms with Crippen LogP contribution < -0.4 is 10.6 Å². The van der Waals surface area contributed by atoms with Gasteiger partial charge in [-0.1, -0.05) is 29.5 Å². The van der Waals surface area contributed by atoms with Crippen LogP contribution in [-0.4, -0.2) is 22.2 Å². The zero-order chi connectivity index (χ0) is 18.7. The van der Waals surface area contributed by atoms with E-state index in [9.17, 15) is 18.4 Å². The lowest BCUT2D eigenvalue weighted by molar-refractivity contribution is -0.122. The number of nitrogens with zero attached hydrogens (tertiary/aromatic N) is 1. The van der Waals surface area contributed by atoms with Gasteiger partial charge in [0.2, 0.25) is 11.8 Å². The van der Waals surface area contributed by atoms with Crippen molar-refractivity contribution in [2.24, 2.45) is 4.99 Å². The van der Waals surface area contributed by atoms with Crippen molar-refractivity contribution in [1.29, 1.82) is 0 Å². The van der Waals surface area contributed by atoms with E-state index < -0.39 is 22.8 Å². The number of aliphatic imine (C=N–C) groups is 1. The number of halogens is 2. The molecule has 0 radical (unpaired) electrons. The van der Waals surface area contributed by atoms with E-state index >= 15 is 0 Å². The molecule has 0 bridgehead atoms. The maximum Gasteiger partial charge on any atom is 0.240 e. The second kappa shape index (κ2) is 7.65. The van der Waals surface area contributed by atoms with Crippen LogP contribution in [0.5, 0.6) is 0 Å². The summed E-state index contributed by atoms with van der Waals surface area (Å²) in [6, 6.07) is 10.3. The number of amides is 2. The van der Waals surface area contributed by atoms with Crippen LogP contribution in [0.2, 0.25) is 0 Å². The van der Waals surface area contributed by atoms with Gasteiger partial charge in [-0.05, 0) is 31.2 Å². The molecular weight excluding hydrogens is 360 g/mol. The average molecular weight is 375 g/mol. The van der Waals surface area contributed by atoms with E-state index in [4.69, 9.17) is 0 Å². The van der Waals surface area contributed by atoms with Gasteiger partial charge >= 0.3 is 0 Å². The molecule has 134 valence electrons. The van der Waals surface area contributed by atoms with Crippen LogP contribution in [0.3, 0.4) is 0 Å². The van der Waals surface area contributed by atoms with E-state index in [1.165, 1.54) is 0 Å². The zero-order valence-electron chi connectivity index (χ0n) is 13.8. The van der Waals surface area contributed by atoms with Gasteiger partial charge in [-0.25, -0.2) is 13.8 Å². The smallest absolute Gasteiger partial charge is 0.240 e. The lowest BCUT2D eigenvalue weighted by Crippen LogP contribution is -2.28. The van der Waals surface area contributed by atoms with Crippen molar-refractivity contribution in [3.63, 3.8) is 0 Å². The summed E-state index contributed by atoms with van der Waals surface area (Å²) in [5, 5.41) is 4.71. The zero-order valence-corrected chi connectivity index (χ0v) is 14.6. The summed E-state index contributed by atoms with van der Waals surface area (Å²) in [4.78, 5) is 28.4. The molecule has 1 atom stereocenters. The number of hydrogen-bond donors (Lipinski definition) is 2. The fourth-order valence-corrected chi connectivity index (χ4v) is 3.28. The summed E-state index contributed by atoms with van der Waals surface area (Å²) in [7, 11) is 0. The maximum atomic E-state index is 13.6. The molecule has 0 spiro atoms. The number of rotatable bonds is 4. The first-order valence-corrected chi connectivity index (χ1v) is 8.66. The third-order valence-electron chi connectivity index (χ3n) is 3.62. The first kappa shape index (κ1) is 18.1. The number of carbonyl (C=O) groups is 2. The van der Waals surface area contributed by atoms with Crippen molar-refractivity contribution >= 4 is 40.1 Å². The Morgan fingerprint density at radius 3 is 2.65 bits per heavy atom. The molecule has 2 amide bonds. The van der Waals surface area contributed by atoms with E-state index in [-0.39, 0.29) is 18.0 Å². The summed E-state index contributed by atoms with van der Waals surface area (Å²) < 4.78 is 26.5. The van der Waals surface area contributed by atoms with Crippen molar-refractivity contribution in [3.8, 4) is 0 Å². The highest BCUT2D eigenvalue weighted by Gasteiger charge is 2.32. The number of benzene rings is 2. The van der Waals surface area contributed by atoms with Crippen molar-refractivity contribution in [2.75, 3.05) is 5.32 Å². The predicted octanol–water partition coefficient (Wildman–Crippen LogP) is 3.52. The Kier molecular flexibility index (Phi) is 5.32. The first-order chi connectivity index (χ1) is 12.4. The second-order valence-corrected chi connectivity index (χ2v) is 6.92. The molecule has 1 saturated heterocycles. The number of carbonyl (C=O) groups excluding carboxylic acids is 2. The Morgan fingerprint density at radius 2 is 1.96 bits per heavy atom. The van der Waals surface area contributed by atoms with Gasteiger partial charge in [0.15, 0.2) is 5.17 Å². The molecule has 1 fully saturated rings. The number of aryl methyl sites for hydroxylation is 1. The maximum absolute atomic E-state index is 13.6. The van der Waals surface area contributed by atoms with Gasteiger partial charge in [-0.15, -0.1) is 0 Å². The minimum atomic E-state index is -0.872. The van der Waals surface area contributed by atoms with E-state index in [1.807, 2.05) is 31.2 Å². The minimum absolute atomic E-state index is 0.131. The molecular formula is C18H15F2N3O2S. The van der Waals surface area contributed by atoms with Crippen LogP contribution in [-0.2, 0) is 9.59 Å². The second-order valence-electron chi connectivity index (χ2n) is 5.72. The van der Waals surface area contributed by atoms with E-state index in [0.29, 0.717) is 16.9 Å². The van der Waals surface area contributed by atoms with Gasteiger partial charge < -0.3 is 10.6 Å². The number of anilines is 1. The molecule has 0 aliphatic carbocycles. The van der Waals surface area contributed by atoms with Gasteiger partial charge in [-0.3, -0.25) is 9.59 Å². The Morgan fingerprint density at radius 1 is 1.23 bits per heavy atom. The van der Waals surface area contributed by atoms with Crippen molar-refractivity contribution in [2.45, 2.75) is 18.6 Å². The monoisotopic (exact) mass is 375 g/mol. The quantitative estimate of drug-likeness (QED) is 0.859. The highest BCUT2D eigenvalue weighted by molar-refractivity contribution is 8.15. The van der Waals surface area contributed by atoms with Gasteiger partial charge in [0.25, 0.3) is 0 Å². The number of thioether (sulfide) groups is 1. The van der Waals surface area contributed by atoms with Crippen molar-refractivity contribution in [3.05, 3.63) is 59.7 Å². The topological polar surface area (TPSA) is 70.6 Å². The van der Waals surface area contributed by atoms with E-state index in [2.05, 4.69) is 15.6 Å². The standard InChI is InChI=1S/C18H15F2N3O2S/c1-10-2-5-12(6-3-10)21-18-23-17(25)15(26-18)9-16(24)22-14-7-4-11(19)8-13(14)20/h2-8,15H,9H2,1H3,(H,22,24)(H,21,23,25)/t15-/m1/s1. The molecule has 1 aliphatic heterocycles. The molecule has 2 aromatic rings. The minimum Gasteiger partial charge on any atom is -0.324 e. The van der Waals surface area contributed by atoms with Crippen LogP contribution >= 0.6 is 11.8 Å². The van der Waals surface area contributed by atoms with Gasteiger partial charge in [0, 0.05) is 12.5 Å². The van der Waals surface area contributed by atoms with Crippen molar-refractivity contribution in [1.82, 2.24) is 5.32 Å². The molecule has 0 unspecified atom stereocenters. The Labute approximate surface area is 152 Å². The Hall–Kier alpha value is -2.74. The van der Waals surface area contributed by atoms with Crippen LogP contribution in [0, 0.1) is 18.6 Å². The molecule has 1 aliphatic rings. The molecule has 0 aromatic heterocycles. The van der Waals surface area contributed by atoms with Crippen LogP contribution in [0.25, 0.3) is 0 Å².